The van der Waals surface area contributed by atoms with Crippen molar-refractivity contribution < 1.29 is 4.79 Å². The van der Waals surface area contributed by atoms with Gasteiger partial charge in [0.15, 0.2) is 0 Å². The molecule has 1 aliphatic rings. The van der Waals surface area contributed by atoms with Crippen molar-refractivity contribution in [3.05, 3.63) is 53.6 Å². The molecule has 0 bridgehead atoms. The fourth-order valence-electron chi connectivity index (χ4n) is 2.88. The number of anilines is 3. The Labute approximate surface area is 147 Å². The summed E-state index contributed by atoms with van der Waals surface area (Å²) in [7, 11) is 0. The molecule has 0 spiro atoms. The highest BCUT2D eigenvalue weighted by Crippen LogP contribution is 2.24. The van der Waals surface area contributed by atoms with Gasteiger partial charge < -0.3 is 15.5 Å². The van der Waals surface area contributed by atoms with Gasteiger partial charge in [0.1, 0.15) is 0 Å². The zero-order valence-electron chi connectivity index (χ0n) is 13.8. The van der Waals surface area contributed by atoms with E-state index in [1.54, 1.807) is 24.3 Å². The molecule has 2 aromatic carbocycles. The number of nitrogens with one attached hydrogen (secondary N) is 2. The van der Waals surface area contributed by atoms with Gasteiger partial charge in [-0.05, 0) is 61.2 Å². The van der Waals surface area contributed by atoms with Crippen LogP contribution in [-0.2, 0) is 0 Å². The van der Waals surface area contributed by atoms with Crippen LogP contribution in [0.2, 0.25) is 5.02 Å². The first kappa shape index (κ1) is 16.7. The second-order valence-electron chi connectivity index (χ2n) is 6.31. The Hall–Kier alpha value is -2.20. The maximum atomic E-state index is 12.0. The van der Waals surface area contributed by atoms with Gasteiger partial charge in [-0.15, -0.1) is 0 Å². The Morgan fingerprint density at radius 1 is 1.04 bits per heavy atom. The van der Waals surface area contributed by atoms with Gasteiger partial charge in [-0.25, -0.2) is 4.79 Å². The second-order valence-corrected chi connectivity index (χ2v) is 6.74. The van der Waals surface area contributed by atoms with Crippen LogP contribution in [0, 0.1) is 5.92 Å². The number of benzene rings is 2. The third kappa shape index (κ3) is 4.42. The minimum Gasteiger partial charge on any atom is -0.372 e. The number of nitrogens with zero attached hydrogens (tertiary/aromatic N) is 1. The van der Waals surface area contributed by atoms with Crippen LogP contribution in [0.4, 0.5) is 21.9 Å². The van der Waals surface area contributed by atoms with E-state index in [2.05, 4.69) is 34.6 Å². The summed E-state index contributed by atoms with van der Waals surface area (Å²) in [6.07, 6.45) is 2.48. The van der Waals surface area contributed by atoms with Gasteiger partial charge in [0, 0.05) is 35.2 Å². The van der Waals surface area contributed by atoms with Crippen LogP contribution in [0.3, 0.4) is 0 Å². The number of carbonyl (C=O) groups is 1. The summed E-state index contributed by atoms with van der Waals surface area (Å²) < 4.78 is 0. The van der Waals surface area contributed by atoms with E-state index in [0.29, 0.717) is 10.7 Å². The Morgan fingerprint density at radius 2 is 1.71 bits per heavy atom. The van der Waals surface area contributed by atoms with Crippen molar-refractivity contribution in [1.82, 2.24) is 0 Å². The summed E-state index contributed by atoms with van der Waals surface area (Å²) in [5.41, 5.74) is 2.64. The number of hydrogen-bond donors (Lipinski definition) is 2. The summed E-state index contributed by atoms with van der Waals surface area (Å²) in [5, 5.41) is 6.20. The van der Waals surface area contributed by atoms with Crippen LogP contribution in [-0.4, -0.2) is 19.1 Å². The lowest BCUT2D eigenvalue weighted by atomic mass is 9.99. The zero-order valence-corrected chi connectivity index (χ0v) is 14.5. The normalized spacial score (nSPS) is 15.2. The van der Waals surface area contributed by atoms with Crippen LogP contribution in [0.5, 0.6) is 0 Å². The van der Waals surface area contributed by atoms with E-state index in [9.17, 15) is 4.79 Å². The molecule has 3 rings (SSSR count). The van der Waals surface area contributed by atoms with Crippen molar-refractivity contribution in [3.63, 3.8) is 0 Å². The van der Waals surface area contributed by atoms with Crippen LogP contribution in [0.1, 0.15) is 19.8 Å². The van der Waals surface area contributed by atoms with Gasteiger partial charge in [-0.2, -0.15) is 0 Å². The number of rotatable bonds is 3. The van der Waals surface area contributed by atoms with Crippen molar-refractivity contribution in [2.24, 2.45) is 5.92 Å². The van der Waals surface area contributed by atoms with Crippen molar-refractivity contribution in [1.29, 1.82) is 0 Å². The van der Waals surface area contributed by atoms with Gasteiger partial charge in [-0.3, -0.25) is 0 Å². The highest BCUT2D eigenvalue weighted by molar-refractivity contribution is 6.30. The van der Waals surface area contributed by atoms with Crippen LogP contribution < -0.4 is 15.5 Å². The summed E-state index contributed by atoms with van der Waals surface area (Å²) >= 11 is 5.91. The molecule has 1 saturated heterocycles. The highest BCUT2D eigenvalue weighted by atomic mass is 35.5. The Bertz CT molecular complexity index is 694. The molecule has 126 valence electrons. The van der Waals surface area contributed by atoms with Gasteiger partial charge >= 0.3 is 6.03 Å². The number of carbonyl (C=O) groups excluding carboxylic acids is 1. The van der Waals surface area contributed by atoms with Gasteiger partial charge in [0.05, 0.1) is 0 Å². The average Bonchev–Trinajstić information content (AvgIpc) is 2.56. The van der Waals surface area contributed by atoms with Gasteiger partial charge in [0.2, 0.25) is 0 Å². The Morgan fingerprint density at radius 3 is 2.38 bits per heavy atom. The molecule has 5 heteroatoms. The number of amides is 2. The number of halogens is 1. The van der Waals surface area contributed by atoms with Gasteiger partial charge in [-0.1, -0.05) is 24.6 Å². The summed E-state index contributed by atoms with van der Waals surface area (Å²) in [5.74, 6) is 0.817. The van der Waals surface area contributed by atoms with E-state index in [1.165, 1.54) is 18.5 Å². The number of piperidine rings is 1. The number of urea groups is 1. The topological polar surface area (TPSA) is 44.4 Å². The smallest absolute Gasteiger partial charge is 0.323 e. The minimum atomic E-state index is -0.281. The predicted molar refractivity (Wildman–Crippen MR) is 101 cm³/mol. The monoisotopic (exact) mass is 343 g/mol. The lowest BCUT2D eigenvalue weighted by molar-refractivity contribution is 0.262. The first-order valence-corrected chi connectivity index (χ1v) is 8.66. The standard InChI is InChI=1S/C19H22ClN3O/c1-14-9-11-23(12-10-14)18-7-5-16(6-8-18)21-19(24)22-17-4-2-3-15(20)13-17/h2-8,13-14H,9-12H2,1H3,(H2,21,22,24). The highest BCUT2D eigenvalue weighted by Gasteiger charge is 2.15. The average molecular weight is 344 g/mol. The molecule has 1 heterocycles. The van der Waals surface area contributed by atoms with E-state index in [4.69, 9.17) is 11.6 Å². The van der Waals surface area contributed by atoms with Crippen LogP contribution >= 0.6 is 11.6 Å². The van der Waals surface area contributed by atoms with E-state index in [1.807, 2.05) is 12.1 Å². The summed E-state index contributed by atoms with van der Waals surface area (Å²) in [4.78, 5) is 14.4. The molecular formula is C19H22ClN3O. The molecule has 2 N–H and O–H groups in total. The minimum absolute atomic E-state index is 0.281. The third-order valence-corrected chi connectivity index (χ3v) is 4.59. The van der Waals surface area contributed by atoms with Crippen molar-refractivity contribution >= 4 is 34.7 Å². The molecule has 0 saturated carbocycles. The summed E-state index contributed by atoms with van der Waals surface area (Å²) in [6.45, 7) is 4.51. The molecular weight excluding hydrogens is 322 g/mol. The van der Waals surface area contributed by atoms with Crippen molar-refractivity contribution in [2.45, 2.75) is 19.8 Å². The Balaban J connectivity index is 1.56. The lowest BCUT2D eigenvalue weighted by Crippen LogP contribution is -2.32. The molecule has 1 aliphatic heterocycles. The Kier molecular flexibility index (Phi) is 5.26. The van der Waals surface area contributed by atoms with E-state index in [-0.39, 0.29) is 6.03 Å². The molecule has 0 radical (unpaired) electrons. The van der Waals surface area contributed by atoms with E-state index in [0.717, 1.165) is 24.7 Å². The molecule has 0 atom stereocenters. The third-order valence-electron chi connectivity index (χ3n) is 4.36. The number of hydrogen-bond acceptors (Lipinski definition) is 2. The molecule has 24 heavy (non-hydrogen) atoms. The predicted octanol–water partition coefficient (Wildman–Crippen LogP) is 5.22. The lowest BCUT2D eigenvalue weighted by Gasteiger charge is -2.32. The zero-order chi connectivity index (χ0) is 16.9. The maximum absolute atomic E-state index is 12.0. The first-order chi connectivity index (χ1) is 11.6. The van der Waals surface area contributed by atoms with Crippen molar-refractivity contribution in [3.8, 4) is 0 Å². The molecule has 4 nitrogen and oxygen atoms in total. The van der Waals surface area contributed by atoms with Gasteiger partial charge in [0.25, 0.3) is 0 Å². The second kappa shape index (κ2) is 7.58. The quantitative estimate of drug-likeness (QED) is 0.802. The molecule has 1 fully saturated rings. The fourth-order valence-corrected chi connectivity index (χ4v) is 3.07. The summed E-state index contributed by atoms with van der Waals surface area (Å²) in [6, 6.07) is 14.8. The van der Waals surface area contributed by atoms with E-state index >= 15 is 0 Å². The van der Waals surface area contributed by atoms with Crippen LogP contribution in [0.15, 0.2) is 48.5 Å². The maximum Gasteiger partial charge on any atom is 0.323 e. The first-order valence-electron chi connectivity index (χ1n) is 8.29. The molecule has 0 aliphatic carbocycles. The largest absolute Gasteiger partial charge is 0.372 e. The van der Waals surface area contributed by atoms with E-state index < -0.39 is 0 Å². The fraction of sp³-hybridized carbons (Fsp3) is 0.316. The molecule has 2 amide bonds. The van der Waals surface area contributed by atoms with Crippen molar-refractivity contribution in [2.75, 3.05) is 28.6 Å². The molecule has 2 aromatic rings. The molecule has 0 unspecified atom stereocenters. The molecule has 0 aromatic heterocycles. The van der Waals surface area contributed by atoms with Crippen LogP contribution in [0.25, 0.3) is 0 Å². The SMILES string of the molecule is CC1CCN(c2ccc(NC(=O)Nc3cccc(Cl)c3)cc2)CC1.